The van der Waals surface area contributed by atoms with E-state index in [9.17, 15) is 0 Å². The monoisotopic (exact) mass is 204 g/mol. The Labute approximate surface area is 87.7 Å². The van der Waals surface area contributed by atoms with Crippen LogP contribution in [-0.2, 0) is 0 Å². The smallest absolute Gasteiger partial charge is 0.133 e. The quantitative estimate of drug-likeness (QED) is 0.761. The highest BCUT2D eigenvalue weighted by atomic mass is 32.2. The Morgan fingerprint density at radius 3 is 2.86 bits per heavy atom. The molecule has 0 amide bonds. The van der Waals surface area contributed by atoms with Crippen molar-refractivity contribution in [2.24, 2.45) is 0 Å². The van der Waals surface area contributed by atoms with Gasteiger partial charge in [-0.1, -0.05) is 6.07 Å². The van der Waals surface area contributed by atoms with Crippen LogP contribution >= 0.6 is 11.8 Å². The summed E-state index contributed by atoms with van der Waals surface area (Å²) in [4.78, 5) is 5.55. The first-order valence-electron chi connectivity index (χ1n) is 4.45. The minimum absolute atomic E-state index is 0.943. The molecule has 0 aliphatic rings. The van der Waals surface area contributed by atoms with Crippen molar-refractivity contribution in [1.29, 1.82) is 0 Å². The Balaban J connectivity index is 2.70. The summed E-state index contributed by atoms with van der Waals surface area (Å²) in [6.45, 7) is 0. The van der Waals surface area contributed by atoms with Crippen LogP contribution in [0.5, 0.6) is 0 Å². The van der Waals surface area contributed by atoms with Crippen molar-refractivity contribution in [1.82, 2.24) is 4.98 Å². The Morgan fingerprint density at radius 2 is 2.14 bits per heavy atom. The number of hydrogen-bond donors (Lipinski definition) is 1. The summed E-state index contributed by atoms with van der Waals surface area (Å²) in [7, 11) is 1.90. The molecule has 0 fully saturated rings. The molecule has 0 unspecified atom stereocenters. The van der Waals surface area contributed by atoms with Crippen LogP contribution in [0.1, 0.15) is 0 Å². The van der Waals surface area contributed by atoms with Gasteiger partial charge in [0.1, 0.15) is 5.82 Å². The summed E-state index contributed by atoms with van der Waals surface area (Å²) < 4.78 is 0. The number of benzene rings is 1. The van der Waals surface area contributed by atoms with Gasteiger partial charge < -0.3 is 5.32 Å². The summed E-state index contributed by atoms with van der Waals surface area (Å²) in [6.07, 6.45) is 3.91. The topological polar surface area (TPSA) is 24.9 Å². The molecule has 72 valence electrons. The van der Waals surface area contributed by atoms with Crippen LogP contribution < -0.4 is 5.32 Å². The fourth-order valence-electron chi connectivity index (χ4n) is 1.47. The van der Waals surface area contributed by atoms with Gasteiger partial charge in [0.25, 0.3) is 0 Å². The number of pyridine rings is 1. The maximum absolute atomic E-state index is 4.28. The van der Waals surface area contributed by atoms with E-state index in [2.05, 4.69) is 34.8 Å². The summed E-state index contributed by atoms with van der Waals surface area (Å²) in [5, 5.41) is 5.51. The molecular formula is C11H12N2S. The van der Waals surface area contributed by atoms with E-state index >= 15 is 0 Å². The molecule has 1 heterocycles. The molecule has 14 heavy (non-hydrogen) atoms. The molecule has 2 rings (SSSR count). The van der Waals surface area contributed by atoms with Crippen molar-refractivity contribution in [3.05, 3.63) is 30.5 Å². The third-order valence-electron chi connectivity index (χ3n) is 2.21. The molecule has 0 spiro atoms. The molecule has 1 aromatic heterocycles. The molecule has 0 aliphatic carbocycles. The fourth-order valence-corrected chi connectivity index (χ4v) is 1.91. The van der Waals surface area contributed by atoms with Crippen LogP contribution in [0.4, 0.5) is 5.82 Å². The lowest BCUT2D eigenvalue weighted by Crippen LogP contribution is -1.92. The van der Waals surface area contributed by atoms with Crippen LogP contribution in [0.2, 0.25) is 0 Å². The van der Waals surface area contributed by atoms with E-state index in [4.69, 9.17) is 0 Å². The first-order valence-corrected chi connectivity index (χ1v) is 5.68. The van der Waals surface area contributed by atoms with Gasteiger partial charge >= 0.3 is 0 Å². The standard InChI is InChI=1S/C11H12N2S/c1-12-11-10-7-9(14-2)4-3-8(10)5-6-13-11/h3-7H,1-2H3,(H,12,13). The number of anilines is 1. The summed E-state index contributed by atoms with van der Waals surface area (Å²) in [5.74, 6) is 0.943. The molecule has 0 saturated carbocycles. The zero-order chi connectivity index (χ0) is 9.97. The van der Waals surface area contributed by atoms with E-state index in [-0.39, 0.29) is 0 Å². The van der Waals surface area contributed by atoms with E-state index in [1.165, 1.54) is 15.7 Å². The SMILES string of the molecule is CNc1nccc2ccc(SC)cc12. The van der Waals surface area contributed by atoms with E-state index < -0.39 is 0 Å². The van der Waals surface area contributed by atoms with Gasteiger partial charge in [0, 0.05) is 23.5 Å². The van der Waals surface area contributed by atoms with Crippen LogP contribution in [-0.4, -0.2) is 18.3 Å². The number of hydrogen-bond acceptors (Lipinski definition) is 3. The average Bonchev–Trinajstić information content (AvgIpc) is 2.27. The highest BCUT2D eigenvalue weighted by molar-refractivity contribution is 7.98. The minimum Gasteiger partial charge on any atom is -0.373 e. The number of aromatic nitrogens is 1. The zero-order valence-corrected chi connectivity index (χ0v) is 9.06. The van der Waals surface area contributed by atoms with Gasteiger partial charge in [-0.2, -0.15) is 0 Å². The molecule has 0 bridgehead atoms. The minimum atomic E-state index is 0.943. The van der Waals surface area contributed by atoms with Gasteiger partial charge in [-0.3, -0.25) is 0 Å². The Hall–Kier alpha value is -1.22. The summed E-state index contributed by atoms with van der Waals surface area (Å²) in [5.41, 5.74) is 0. The molecule has 1 N–H and O–H groups in total. The second kappa shape index (κ2) is 3.88. The molecule has 3 heteroatoms. The Bertz CT molecular complexity index is 454. The molecule has 0 saturated heterocycles. The van der Waals surface area contributed by atoms with Crippen molar-refractivity contribution in [2.45, 2.75) is 4.90 Å². The number of rotatable bonds is 2. The average molecular weight is 204 g/mol. The number of nitrogens with zero attached hydrogens (tertiary/aromatic N) is 1. The number of fused-ring (bicyclic) bond motifs is 1. The van der Waals surface area contributed by atoms with Crippen LogP contribution in [0.3, 0.4) is 0 Å². The predicted octanol–water partition coefficient (Wildman–Crippen LogP) is 3.00. The van der Waals surface area contributed by atoms with Gasteiger partial charge in [0.05, 0.1) is 0 Å². The zero-order valence-electron chi connectivity index (χ0n) is 8.24. The van der Waals surface area contributed by atoms with Crippen LogP contribution in [0.25, 0.3) is 10.8 Å². The lowest BCUT2D eigenvalue weighted by molar-refractivity contribution is 1.31. The number of nitrogens with one attached hydrogen (secondary N) is 1. The maximum atomic E-state index is 4.28. The molecule has 1 aromatic carbocycles. The van der Waals surface area contributed by atoms with Crippen molar-refractivity contribution < 1.29 is 0 Å². The Kier molecular flexibility index (Phi) is 2.59. The summed E-state index contributed by atoms with van der Waals surface area (Å²) in [6, 6.07) is 8.45. The lowest BCUT2D eigenvalue weighted by atomic mass is 10.1. The van der Waals surface area contributed by atoms with E-state index in [1.54, 1.807) is 11.8 Å². The largest absolute Gasteiger partial charge is 0.373 e. The van der Waals surface area contributed by atoms with Crippen LogP contribution in [0, 0.1) is 0 Å². The van der Waals surface area contributed by atoms with E-state index in [0.29, 0.717) is 0 Å². The second-order valence-electron chi connectivity index (χ2n) is 3.00. The molecule has 2 nitrogen and oxygen atoms in total. The van der Waals surface area contributed by atoms with Gasteiger partial charge in [0.15, 0.2) is 0 Å². The molecular weight excluding hydrogens is 192 g/mol. The van der Waals surface area contributed by atoms with E-state index in [1.807, 2.05) is 19.3 Å². The van der Waals surface area contributed by atoms with Crippen molar-refractivity contribution in [3.8, 4) is 0 Å². The second-order valence-corrected chi connectivity index (χ2v) is 3.88. The van der Waals surface area contributed by atoms with Gasteiger partial charge in [0.2, 0.25) is 0 Å². The van der Waals surface area contributed by atoms with Crippen molar-refractivity contribution in [3.63, 3.8) is 0 Å². The molecule has 0 radical (unpaired) electrons. The molecule has 0 aliphatic heterocycles. The van der Waals surface area contributed by atoms with Gasteiger partial charge in [-0.15, -0.1) is 11.8 Å². The normalized spacial score (nSPS) is 10.4. The van der Waals surface area contributed by atoms with Gasteiger partial charge in [-0.05, 0) is 29.8 Å². The number of thioether (sulfide) groups is 1. The highest BCUT2D eigenvalue weighted by Crippen LogP contribution is 2.25. The molecule has 2 aromatic rings. The van der Waals surface area contributed by atoms with Gasteiger partial charge in [-0.25, -0.2) is 4.98 Å². The fraction of sp³-hybridized carbons (Fsp3) is 0.182. The maximum Gasteiger partial charge on any atom is 0.133 e. The predicted molar refractivity (Wildman–Crippen MR) is 63.1 cm³/mol. The third kappa shape index (κ3) is 1.55. The van der Waals surface area contributed by atoms with Crippen molar-refractivity contribution >= 4 is 28.4 Å². The first kappa shape index (κ1) is 9.34. The third-order valence-corrected chi connectivity index (χ3v) is 2.94. The van der Waals surface area contributed by atoms with Crippen LogP contribution in [0.15, 0.2) is 35.4 Å². The summed E-state index contributed by atoms with van der Waals surface area (Å²) >= 11 is 1.75. The molecule has 0 atom stereocenters. The lowest BCUT2D eigenvalue weighted by Gasteiger charge is -2.05. The highest BCUT2D eigenvalue weighted by Gasteiger charge is 2.00. The van der Waals surface area contributed by atoms with E-state index in [0.717, 1.165) is 5.82 Å². The van der Waals surface area contributed by atoms with Crippen molar-refractivity contribution in [2.75, 3.05) is 18.6 Å². The Morgan fingerprint density at radius 1 is 1.29 bits per heavy atom. The first-order chi connectivity index (χ1) is 6.85.